The first-order valence-corrected chi connectivity index (χ1v) is 9.60. The normalized spacial score (nSPS) is 11.1. The summed E-state index contributed by atoms with van der Waals surface area (Å²) in [5.74, 6) is -0.378. The lowest BCUT2D eigenvalue weighted by Crippen LogP contribution is -2.36. The second-order valence-corrected chi connectivity index (χ2v) is 7.94. The van der Waals surface area contributed by atoms with Gasteiger partial charge in [-0.15, -0.1) is 0 Å². The molecule has 0 N–H and O–H groups in total. The van der Waals surface area contributed by atoms with Crippen LogP contribution in [0.4, 0.5) is 5.69 Å². The van der Waals surface area contributed by atoms with Crippen molar-refractivity contribution < 1.29 is 22.7 Å². The highest BCUT2D eigenvalue weighted by Crippen LogP contribution is 2.33. The van der Waals surface area contributed by atoms with Crippen LogP contribution < -0.4 is 9.04 Å². The zero-order valence-corrected chi connectivity index (χ0v) is 16.7. The first-order chi connectivity index (χ1) is 12.2. The molecule has 0 saturated carbocycles. The Labute approximate surface area is 162 Å². The third-order valence-electron chi connectivity index (χ3n) is 3.72. The van der Waals surface area contributed by atoms with Crippen LogP contribution in [0.3, 0.4) is 0 Å². The Bertz CT molecular complexity index is 931. The van der Waals surface area contributed by atoms with E-state index in [1.54, 1.807) is 25.1 Å². The van der Waals surface area contributed by atoms with Crippen molar-refractivity contribution in [1.29, 1.82) is 0 Å². The van der Waals surface area contributed by atoms with Crippen LogP contribution in [0.5, 0.6) is 5.75 Å². The van der Waals surface area contributed by atoms with Crippen molar-refractivity contribution in [1.82, 2.24) is 0 Å². The molecule has 0 aliphatic heterocycles. The van der Waals surface area contributed by atoms with Crippen LogP contribution in [-0.4, -0.2) is 35.2 Å². The van der Waals surface area contributed by atoms with Crippen LogP contribution in [0.1, 0.15) is 5.56 Å². The molecule has 0 fully saturated rings. The van der Waals surface area contributed by atoms with Crippen molar-refractivity contribution in [3.63, 3.8) is 0 Å². The van der Waals surface area contributed by atoms with E-state index in [-0.39, 0.29) is 15.6 Å². The van der Waals surface area contributed by atoms with Crippen LogP contribution in [0.15, 0.2) is 41.3 Å². The van der Waals surface area contributed by atoms with Gasteiger partial charge >= 0.3 is 5.97 Å². The molecular weight excluding hydrogens is 401 g/mol. The van der Waals surface area contributed by atoms with Gasteiger partial charge in [0.2, 0.25) is 0 Å². The van der Waals surface area contributed by atoms with Crippen molar-refractivity contribution in [2.24, 2.45) is 0 Å². The summed E-state index contributed by atoms with van der Waals surface area (Å²) in [4.78, 5) is 11.7. The summed E-state index contributed by atoms with van der Waals surface area (Å²) in [7, 11) is -1.50. The standard InChI is InChI=1S/C17H17Cl2NO5S/c1-11-13(18)5-4-6-15(11)20(10-17(21)25-3)26(22,23)12-7-8-16(24-2)14(19)9-12/h4-9H,10H2,1-3H3. The fraction of sp³-hybridized carbons (Fsp3) is 0.235. The number of hydrogen-bond donors (Lipinski definition) is 0. The number of benzene rings is 2. The lowest BCUT2D eigenvalue weighted by atomic mass is 10.2. The monoisotopic (exact) mass is 417 g/mol. The SMILES string of the molecule is COC(=O)CN(c1cccc(Cl)c1C)S(=O)(=O)c1ccc(OC)c(Cl)c1. The van der Waals surface area contributed by atoms with Gasteiger partial charge in [-0.2, -0.15) is 0 Å². The van der Waals surface area contributed by atoms with Crippen LogP contribution in [0.2, 0.25) is 10.0 Å². The number of carbonyl (C=O) groups is 1. The molecule has 0 aliphatic rings. The number of nitrogens with zero attached hydrogens (tertiary/aromatic N) is 1. The number of sulfonamides is 1. The maximum atomic E-state index is 13.2. The van der Waals surface area contributed by atoms with Crippen molar-refractivity contribution in [3.05, 3.63) is 52.0 Å². The van der Waals surface area contributed by atoms with E-state index < -0.39 is 22.5 Å². The maximum Gasteiger partial charge on any atom is 0.326 e. The zero-order chi connectivity index (χ0) is 19.5. The lowest BCUT2D eigenvalue weighted by molar-refractivity contribution is -0.138. The molecule has 0 aliphatic carbocycles. The van der Waals surface area contributed by atoms with Gasteiger partial charge in [-0.25, -0.2) is 8.42 Å². The number of hydrogen-bond acceptors (Lipinski definition) is 5. The Morgan fingerprint density at radius 3 is 2.38 bits per heavy atom. The van der Waals surface area contributed by atoms with Crippen LogP contribution in [0.25, 0.3) is 0 Å². The fourth-order valence-electron chi connectivity index (χ4n) is 2.28. The zero-order valence-electron chi connectivity index (χ0n) is 14.3. The Hall–Kier alpha value is -1.96. The molecule has 0 aromatic heterocycles. The fourth-order valence-corrected chi connectivity index (χ4v) is 4.27. The average Bonchev–Trinajstić information content (AvgIpc) is 2.61. The molecule has 0 bridgehead atoms. The minimum absolute atomic E-state index is 0.0911. The number of rotatable bonds is 6. The van der Waals surface area contributed by atoms with Crippen LogP contribution in [0, 0.1) is 6.92 Å². The molecule has 0 saturated heterocycles. The average molecular weight is 418 g/mol. The molecule has 0 radical (unpaired) electrons. The predicted octanol–water partition coefficient (Wildman–Crippen LogP) is 3.68. The number of anilines is 1. The number of halogens is 2. The van der Waals surface area contributed by atoms with E-state index in [1.165, 1.54) is 32.4 Å². The molecular formula is C17H17Cl2NO5S. The van der Waals surface area contributed by atoms with Crippen molar-refractivity contribution in [3.8, 4) is 5.75 Å². The van der Waals surface area contributed by atoms with Crippen LogP contribution >= 0.6 is 23.2 Å². The highest BCUT2D eigenvalue weighted by Gasteiger charge is 2.29. The molecule has 2 rings (SSSR count). The van der Waals surface area contributed by atoms with E-state index in [2.05, 4.69) is 4.74 Å². The summed E-state index contributed by atoms with van der Waals surface area (Å²) in [6.45, 7) is 1.15. The topological polar surface area (TPSA) is 72.9 Å². The first-order valence-electron chi connectivity index (χ1n) is 7.40. The smallest absolute Gasteiger partial charge is 0.326 e. The van der Waals surface area contributed by atoms with Gasteiger partial charge in [-0.1, -0.05) is 29.3 Å². The summed E-state index contributed by atoms with van der Waals surface area (Å²) in [5.41, 5.74) is 0.788. The Kier molecular flexibility index (Phi) is 6.39. The minimum Gasteiger partial charge on any atom is -0.495 e. The van der Waals surface area contributed by atoms with Crippen molar-refractivity contribution in [2.75, 3.05) is 25.1 Å². The summed E-state index contributed by atoms with van der Waals surface area (Å²) in [6.07, 6.45) is 0. The van der Waals surface area contributed by atoms with Gasteiger partial charge in [0.15, 0.2) is 0 Å². The van der Waals surface area contributed by atoms with Gasteiger partial charge in [0.1, 0.15) is 12.3 Å². The predicted molar refractivity (Wildman–Crippen MR) is 101 cm³/mol. The highest BCUT2D eigenvalue weighted by molar-refractivity contribution is 7.92. The molecule has 0 amide bonds. The second-order valence-electron chi connectivity index (χ2n) is 5.27. The molecule has 0 heterocycles. The van der Waals surface area contributed by atoms with E-state index in [4.69, 9.17) is 27.9 Å². The van der Waals surface area contributed by atoms with E-state index >= 15 is 0 Å². The van der Waals surface area contributed by atoms with Gasteiger partial charge in [0.05, 0.1) is 29.8 Å². The Morgan fingerprint density at radius 1 is 1.12 bits per heavy atom. The quantitative estimate of drug-likeness (QED) is 0.670. The van der Waals surface area contributed by atoms with Gasteiger partial charge in [-0.3, -0.25) is 9.10 Å². The summed E-state index contributed by atoms with van der Waals surface area (Å²) in [5, 5.41) is 0.509. The first kappa shape index (κ1) is 20.4. The molecule has 0 atom stereocenters. The molecule has 9 heteroatoms. The molecule has 0 unspecified atom stereocenters. The van der Waals surface area contributed by atoms with E-state index in [1.807, 2.05) is 0 Å². The molecule has 26 heavy (non-hydrogen) atoms. The number of carbonyl (C=O) groups excluding carboxylic acids is 1. The largest absolute Gasteiger partial charge is 0.495 e. The summed E-state index contributed by atoms with van der Waals surface area (Å²) < 4.78 is 37.0. The third-order valence-corrected chi connectivity index (χ3v) is 6.18. The van der Waals surface area contributed by atoms with Gasteiger partial charge < -0.3 is 9.47 Å². The van der Waals surface area contributed by atoms with Gasteiger partial charge in [-0.05, 0) is 42.8 Å². The number of methoxy groups -OCH3 is 2. The molecule has 2 aromatic rings. The lowest BCUT2D eigenvalue weighted by Gasteiger charge is -2.25. The molecule has 140 valence electrons. The Balaban J connectivity index is 2.62. The van der Waals surface area contributed by atoms with Crippen molar-refractivity contribution >= 4 is 44.9 Å². The van der Waals surface area contributed by atoms with E-state index in [0.717, 1.165) is 4.31 Å². The third kappa shape index (κ3) is 4.06. The number of ether oxygens (including phenoxy) is 2. The molecule has 2 aromatic carbocycles. The van der Waals surface area contributed by atoms with Crippen molar-refractivity contribution in [2.45, 2.75) is 11.8 Å². The summed E-state index contributed by atoms with van der Waals surface area (Å²) >= 11 is 12.2. The van der Waals surface area contributed by atoms with Crippen LogP contribution in [-0.2, 0) is 19.6 Å². The van der Waals surface area contributed by atoms with E-state index in [9.17, 15) is 13.2 Å². The second kappa shape index (κ2) is 8.16. The number of esters is 1. The Morgan fingerprint density at radius 2 is 1.81 bits per heavy atom. The summed E-state index contributed by atoms with van der Waals surface area (Å²) in [6, 6.07) is 8.85. The molecule has 0 spiro atoms. The minimum atomic E-state index is -4.11. The maximum absolute atomic E-state index is 13.2. The highest BCUT2D eigenvalue weighted by atomic mass is 35.5. The van der Waals surface area contributed by atoms with Gasteiger partial charge in [0, 0.05) is 5.02 Å². The van der Waals surface area contributed by atoms with E-state index in [0.29, 0.717) is 16.3 Å². The molecule has 6 nitrogen and oxygen atoms in total. The van der Waals surface area contributed by atoms with Gasteiger partial charge in [0.25, 0.3) is 10.0 Å².